The number of nitrogens with one attached hydrogen (secondary N) is 3. The molecule has 2 aromatic rings. The van der Waals surface area contributed by atoms with Gasteiger partial charge in [0.2, 0.25) is 5.95 Å². The van der Waals surface area contributed by atoms with Gasteiger partial charge in [-0.1, -0.05) is 0 Å². The van der Waals surface area contributed by atoms with Crippen molar-refractivity contribution in [1.29, 1.82) is 0 Å². The SMILES string of the molecule is CSC[C@@H](CNCc1c[nH]c2c(=O)[nH]c(N)nc12)[C@H](O)CO. The van der Waals surface area contributed by atoms with Gasteiger partial charge in [0, 0.05) is 30.8 Å². The van der Waals surface area contributed by atoms with E-state index in [9.17, 15) is 9.90 Å². The second kappa shape index (κ2) is 7.63. The summed E-state index contributed by atoms with van der Waals surface area (Å²) >= 11 is 1.62. The number of aliphatic hydroxyl groups is 2. The molecule has 0 aliphatic carbocycles. The molecule has 0 spiro atoms. The van der Waals surface area contributed by atoms with Gasteiger partial charge in [0.25, 0.3) is 5.56 Å². The van der Waals surface area contributed by atoms with E-state index in [2.05, 4.69) is 20.3 Å². The number of hydrogen-bond acceptors (Lipinski definition) is 7. The van der Waals surface area contributed by atoms with Crippen molar-refractivity contribution in [3.63, 3.8) is 0 Å². The highest BCUT2D eigenvalue weighted by molar-refractivity contribution is 7.98. The van der Waals surface area contributed by atoms with E-state index in [1.54, 1.807) is 18.0 Å². The number of aromatic amines is 2. The lowest BCUT2D eigenvalue weighted by molar-refractivity contribution is 0.0549. The van der Waals surface area contributed by atoms with Gasteiger partial charge in [0.1, 0.15) is 11.0 Å². The van der Waals surface area contributed by atoms with Crippen molar-refractivity contribution in [2.75, 3.05) is 30.9 Å². The Hall–Kier alpha value is -1.55. The van der Waals surface area contributed by atoms with Crippen molar-refractivity contribution >= 4 is 28.7 Å². The van der Waals surface area contributed by atoms with E-state index < -0.39 is 6.10 Å². The molecule has 0 radical (unpaired) electrons. The maximum absolute atomic E-state index is 11.7. The smallest absolute Gasteiger partial charge is 0.276 e. The third-order valence-corrected chi connectivity index (χ3v) is 4.23. The molecule has 8 nitrogen and oxygen atoms in total. The van der Waals surface area contributed by atoms with Crippen LogP contribution in [0.5, 0.6) is 0 Å². The van der Waals surface area contributed by atoms with E-state index in [0.717, 1.165) is 11.3 Å². The molecule has 7 N–H and O–H groups in total. The minimum Gasteiger partial charge on any atom is -0.394 e. The van der Waals surface area contributed by atoms with Gasteiger partial charge in [0.05, 0.1) is 12.7 Å². The quantitative estimate of drug-likeness (QED) is 0.375. The molecule has 0 aromatic carbocycles. The average Bonchev–Trinajstić information content (AvgIpc) is 2.89. The first-order valence-electron chi connectivity index (χ1n) is 6.91. The van der Waals surface area contributed by atoms with E-state index in [0.29, 0.717) is 24.1 Å². The van der Waals surface area contributed by atoms with Gasteiger partial charge in [-0.2, -0.15) is 11.8 Å². The number of H-pyrrole nitrogens is 2. The van der Waals surface area contributed by atoms with Crippen molar-refractivity contribution in [3.05, 3.63) is 22.1 Å². The maximum atomic E-state index is 11.7. The Labute approximate surface area is 131 Å². The fraction of sp³-hybridized carbons (Fsp3) is 0.538. The van der Waals surface area contributed by atoms with Gasteiger partial charge in [-0.05, 0) is 12.0 Å². The lowest BCUT2D eigenvalue weighted by Gasteiger charge is -2.20. The third-order valence-electron chi connectivity index (χ3n) is 3.47. The molecule has 22 heavy (non-hydrogen) atoms. The Morgan fingerprint density at radius 1 is 1.55 bits per heavy atom. The molecular formula is C13H21N5O3S. The van der Waals surface area contributed by atoms with Crippen molar-refractivity contribution in [2.45, 2.75) is 12.6 Å². The van der Waals surface area contributed by atoms with Gasteiger partial charge in [0.15, 0.2) is 0 Å². The van der Waals surface area contributed by atoms with E-state index >= 15 is 0 Å². The molecule has 122 valence electrons. The highest BCUT2D eigenvalue weighted by Gasteiger charge is 2.18. The second-order valence-corrected chi connectivity index (χ2v) is 6.00. The first-order chi connectivity index (χ1) is 10.6. The molecular weight excluding hydrogens is 306 g/mol. The molecule has 0 aliphatic rings. The highest BCUT2D eigenvalue weighted by Crippen LogP contribution is 2.14. The molecule has 9 heteroatoms. The zero-order valence-electron chi connectivity index (χ0n) is 12.3. The number of rotatable bonds is 8. The standard InChI is InChI=1S/C13H21N5O3S/c1-22-6-8(9(20)5-19)3-15-2-7-4-16-11-10(7)17-13(14)18-12(11)21/h4,8-9,15-16,19-20H,2-3,5-6H2,1H3,(H3,14,17,18,21)/t8-,9-/m1/s1. The summed E-state index contributed by atoms with van der Waals surface area (Å²) in [5.41, 5.74) is 7.02. The van der Waals surface area contributed by atoms with Crippen LogP contribution in [0.2, 0.25) is 0 Å². The first-order valence-corrected chi connectivity index (χ1v) is 8.30. The maximum Gasteiger partial charge on any atom is 0.276 e. The molecule has 0 unspecified atom stereocenters. The van der Waals surface area contributed by atoms with E-state index in [1.165, 1.54) is 0 Å². The van der Waals surface area contributed by atoms with Crippen LogP contribution in [0, 0.1) is 5.92 Å². The molecule has 0 fully saturated rings. The first kappa shape index (κ1) is 16.8. The number of aromatic nitrogens is 3. The van der Waals surface area contributed by atoms with Crippen LogP contribution in [0.25, 0.3) is 11.0 Å². The summed E-state index contributed by atoms with van der Waals surface area (Å²) in [6.45, 7) is 0.778. The second-order valence-electron chi connectivity index (χ2n) is 5.08. The predicted molar refractivity (Wildman–Crippen MR) is 87.8 cm³/mol. The monoisotopic (exact) mass is 327 g/mol. The summed E-state index contributed by atoms with van der Waals surface area (Å²) in [4.78, 5) is 21.2. The Bertz CT molecular complexity index is 671. The lowest BCUT2D eigenvalue weighted by atomic mass is 10.1. The van der Waals surface area contributed by atoms with Crippen molar-refractivity contribution in [3.8, 4) is 0 Å². The minimum atomic E-state index is -0.750. The summed E-state index contributed by atoms with van der Waals surface area (Å²) in [6, 6.07) is 0. The summed E-state index contributed by atoms with van der Waals surface area (Å²) in [5, 5.41) is 22.1. The van der Waals surface area contributed by atoms with Crippen molar-refractivity contribution < 1.29 is 10.2 Å². The molecule has 0 saturated heterocycles. The van der Waals surface area contributed by atoms with Gasteiger partial charge < -0.3 is 26.2 Å². The zero-order valence-corrected chi connectivity index (χ0v) is 13.1. The van der Waals surface area contributed by atoms with Crippen LogP contribution in [-0.4, -0.2) is 56.4 Å². The summed E-state index contributed by atoms with van der Waals surface area (Å²) in [7, 11) is 0. The van der Waals surface area contributed by atoms with Crippen molar-refractivity contribution in [1.82, 2.24) is 20.3 Å². The number of nitrogen functional groups attached to an aromatic ring is 1. The van der Waals surface area contributed by atoms with Gasteiger partial charge in [-0.25, -0.2) is 4.98 Å². The minimum absolute atomic E-state index is 0.0494. The highest BCUT2D eigenvalue weighted by atomic mass is 32.2. The number of nitrogens with two attached hydrogens (primary N) is 1. The van der Waals surface area contributed by atoms with E-state index in [1.807, 2.05) is 6.26 Å². The Kier molecular flexibility index (Phi) is 5.83. The van der Waals surface area contributed by atoms with Gasteiger partial charge in [-0.15, -0.1) is 0 Å². The summed E-state index contributed by atoms with van der Waals surface area (Å²) < 4.78 is 0. The zero-order chi connectivity index (χ0) is 16.1. The van der Waals surface area contributed by atoms with E-state index in [-0.39, 0.29) is 24.0 Å². The van der Waals surface area contributed by atoms with Gasteiger partial charge >= 0.3 is 0 Å². The molecule has 0 saturated carbocycles. The lowest BCUT2D eigenvalue weighted by Crippen LogP contribution is -2.35. The van der Waals surface area contributed by atoms with Crippen LogP contribution in [0.15, 0.2) is 11.0 Å². The van der Waals surface area contributed by atoms with Crippen LogP contribution in [0.1, 0.15) is 5.56 Å². The Morgan fingerprint density at radius 3 is 3.00 bits per heavy atom. The summed E-state index contributed by atoms with van der Waals surface area (Å²) in [5.74, 6) is 0.772. The Balaban J connectivity index is 2.04. The van der Waals surface area contributed by atoms with Crippen LogP contribution in [-0.2, 0) is 6.54 Å². The molecule has 0 aliphatic heterocycles. The number of fused-ring (bicyclic) bond motifs is 1. The molecule has 2 atom stereocenters. The molecule has 2 rings (SSSR count). The predicted octanol–water partition coefficient (Wildman–Crippen LogP) is -0.745. The number of anilines is 1. The van der Waals surface area contributed by atoms with Crippen LogP contribution in [0.4, 0.5) is 5.95 Å². The largest absolute Gasteiger partial charge is 0.394 e. The van der Waals surface area contributed by atoms with Crippen LogP contribution < -0.4 is 16.6 Å². The number of hydrogen-bond donors (Lipinski definition) is 6. The normalized spacial score (nSPS) is 14.3. The molecule has 0 bridgehead atoms. The van der Waals surface area contributed by atoms with Crippen LogP contribution in [0.3, 0.4) is 0 Å². The summed E-state index contributed by atoms with van der Waals surface area (Å²) in [6.07, 6.45) is 2.92. The van der Waals surface area contributed by atoms with Gasteiger partial charge in [-0.3, -0.25) is 9.78 Å². The van der Waals surface area contributed by atoms with E-state index in [4.69, 9.17) is 10.8 Å². The molecule has 2 heterocycles. The number of thioether (sulfide) groups is 1. The topological polar surface area (TPSA) is 140 Å². The fourth-order valence-electron chi connectivity index (χ4n) is 2.28. The number of nitrogens with zero attached hydrogens (tertiary/aromatic N) is 1. The fourth-order valence-corrected chi connectivity index (χ4v) is 3.05. The third kappa shape index (κ3) is 3.80. The average molecular weight is 327 g/mol. The Morgan fingerprint density at radius 2 is 2.32 bits per heavy atom. The number of aliphatic hydroxyl groups excluding tert-OH is 2. The molecule has 0 amide bonds. The van der Waals surface area contributed by atoms with Crippen molar-refractivity contribution in [2.24, 2.45) is 5.92 Å². The molecule has 2 aromatic heterocycles. The van der Waals surface area contributed by atoms with Crippen LogP contribution >= 0.6 is 11.8 Å².